The van der Waals surface area contributed by atoms with Crippen LogP contribution >= 0.6 is 0 Å². The third kappa shape index (κ3) is 9.12. The normalized spacial score (nSPS) is 24.5. The zero-order chi connectivity index (χ0) is 40.5. The molecule has 5 N–H and O–H groups in total. The number of nitrogens with zero attached hydrogens (tertiary/aromatic N) is 5. The van der Waals surface area contributed by atoms with Crippen LogP contribution in [0, 0.1) is 23.5 Å². The van der Waals surface area contributed by atoms with E-state index in [1.807, 2.05) is 19.4 Å². The Morgan fingerprint density at radius 1 is 0.737 bits per heavy atom. The van der Waals surface area contributed by atoms with Gasteiger partial charge in [0, 0.05) is 93.7 Å². The lowest BCUT2D eigenvalue weighted by Crippen LogP contribution is -2.54. The van der Waals surface area contributed by atoms with Crippen LogP contribution in [0.3, 0.4) is 0 Å². The van der Waals surface area contributed by atoms with Crippen LogP contribution in [0.5, 0.6) is 11.5 Å². The molecule has 17 heteroatoms. The van der Waals surface area contributed by atoms with Crippen molar-refractivity contribution >= 4 is 31.6 Å². The van der Waals surface area contributed by atoms with Gasteiger partial charge in [-0.3, -0.25) is 9.59 Å². The Balaban J connectivity index is 0.000000174. The van der Waals surface area contributed by atoms with Crippen LogP contribution < -0.4 is 15.2 Å². The molecule has 0 saturated carbocycles. The molecule has 308 valence electrons. The van der Waals surface area contributed by atoms with Crippen molar-refractivity contribution in [3.8, 4) is 11.5 Å². The highest BCUT2D eigenvalue weighted by molar-refractivity contribution is 6.45. The van der Waals surface area contributed by atoms with Crippen LogP contribution in [0.2, 0.25) is 13.6 Å². The predicted molar refractivity (Wildman–Crippen MR) is 212 cm³/mol. The van der Waals surface area contributed by atoms with Crippen molar-refractivity contribution in [3.05, 3.63) is 59.2 Å². The van der Waals surface area contributed by atoms with Crippen LogP contribution in [-0.4, -0.2) is 130 Å². The van der Waals surface area contributed by atoms with Crippen molar-refractivity contribution < 1.29 is 43.1 Å². The Labute approximate surface area is 334 Å². The lowest BCUT2D eigenvalue weighted by atomic mass is 9.79. The number of hydrogen-bond acceptors (Lipinski definition) is 11. The largest absolute Gasteiger partial charge is 0.487 e. The number of carbonyl (C=O) groups is 2. The van der Waals surface area contributed by atoms with E-state index >= 15 is 0 Å². The van der Waals surface area contributed by atoms with Gasteiger partial charge in [-0.25, -0.2) is 8.78 Å². The van der Waals surface area contributed by atoms with Gasteiger partial charge < -0.3 is 49.9 Å². The standard InChI is InChI=1S/C20H27BFN3O4.C20H29BFN3O3/c1-21(27)25-8-4-14(5-9-25)19(26)24-10-6-20(7-11-24)13-17(23-28)16-12-15(22)2-3-18(16)29-20;1-21(27)25-8-4-14(5-9-25)19(26)24-10-6-20(7-11-24)13-17(23)16-12-15(22)2-3-18(16)28-20/h2-3,12,14,27-28H,4-11,13H2,1H3;2-3,12,14,17,27H,4-11,13,23H2,1H3/b23-17+;. The molecule has 0 aromatic heterocycles. The van der Waals surface area contributed by atoms with Gasteiger partial charge in [0.15, 0.2) is 0 Å². The van der Waals surface area contributed by atoms with E-state index in [4.69, 9.17) is 15.2 Å². The molecule has 8 rings (SSSR count). The minimum Gasteiger partial charge on any atom is -0.487 e. The SMILES string of the molecule is CB(O)N1CCC(C(=O)N2CCC3(CC2)C/C(=N\O)c2cc(F)ccc2O3)CC1.CB(O)N1CCC(C(=O)N2CCC3(CC2)CC(N)c2cc(F)ccc2O3)CC1. The minimum absolute atomic E-state index is 0.00425. The number of nitrogens with two attached hydrogens (primary N) is 1. The summed E-state index contributed by atoms with van der Waals surface area (Å²) in [6.07, 6.45) is 6.95. The molecule has 0 radical (unpaired) electrons. The van der Waals surface area contributed by atoms with Gasteiger partial charge >= 0.3 is 14.1 Å². The number of oxime groups is 1. The van der Waals surface area contributed by atoms with Gasteiger partial charge in [-0.05, 0) is 102 Å². The fraction of sp³-hybridized carbons (Fsp3) is 0.625. The maximum absolute atomic E-state index is 13.6. The van der Waals surface area contributed by atoms with Gasteiger partial charge in [0.25, 0.3) is 0 Å². The lowest BCUT2D eigenvalue weighted by Gasteiger charge is -2.47. The van der Waals surface area contributed by atoms with E-state index in [1.54, 1.807) is 25.8 Å². The highest BCUT2D eigenvalue weighted by atomic mass is 19.1. The zero-order valence-electron chi connectivity index (χ0n) is 33.1. The first-order chi connectivity index (χ1) is 27.3. The summed E-state index contributed by atoms with van der Waals surface area (Å²) in [6, 6.07) is 8.53. The lowest BCUT2D eigenvalue weighted by molar-refractivity contribution is -0.141. The Hall–Kier alpha value is -3.76. The highest BCUT2D eigenvalue weighted by Crippen LogP contribution is 2.44. The molecule has 6 aliphatic heterocycles. The molecule has 6 aliphatic rings. The maximum Gasteiger partial charge on any atom is 0.376 e. The van der Waals surface area contributed by atoms with E-state index < -0.39 is 25.5 Å². The molecule has 57 heavy (non-hydrogen) atoms. The summed E-state index contributed by atoms with van der Waals surface area (Å²) in [5.74, 6) is 0.956. The molecule has 4 fully saturated rings. The number of piperidine rings is 4. The fourth-order valence-corrected chi connectivity index (χ4v) is 9.67. The number of ether oxygens (including phenoxy) is 2. The van der Waals surface area contributed by atoms with E-state index in [1.165, 1.54) is 24.3 Å². The maximum atomic E-state index is 13.6. The van der Waals surface area contributed by atoms with Crippen molar-refractivity contribution in [3.63, 3.8) is 0 Å². The first-order valence-electron chi connectivity index (χ1n) is 20.6. The number of benzene rings is 2. The Morgan fingerprint density at radius 3 is 1.68 bits per heavy atom. The number of carbonyl (C=O) groups excluding carboxylic acids is 2. The average molecular weight is 793 g/mol. The number of rotatable bonds is 4. The molecule has 2 aromatic rings. The molecular formula is C40H56B2F2N6O7. The molecule has 6 heterocycles. The molecule has 1 atom stereocenters. The summed E-state index contributed by atoms with van der Waals surface area (Å²) in [6.45, 7) is 9.03. The summed E-state index contributed by atoms with van der Waals surface area (Å²) in [4.78, 5) is 33.8. The van der Waals surface area contributed by atoms with Crippen molar-refractivity contribution in [2.45, 2.75) is 95.1 Å². The Kier molecular flexibility index (Phi) is 12.5. The van der Waals surface area contributed by atoms with Gasteiger partial charge in [0.05, 0.1) is 5.71 Å². The topological polar surface area (TPSA) is 165 Å². The number of amides is 2. The molecule has 0 bridgehead atoms. The van der Waals surface area contributed by atoms with Crippen molar-refractivity contribution in [1.29, 1.82) is 0 Å². The average Bonchev–Trinajstić information content (AvgIpc) is 3.21. The summed E-state index contributed by atoms with van der Waals surface area (Å²) in [5, 5.41) is 32.2. The Morgan fingerprint density at radius 2 is 1.19 bits per heavy atom. The quantitative estimate of drug-likeness (QED) is 0.204. The second-order valence-corrected chi connectivity index (χ2v) is 17.0. The second-order valence-electron chi connectivity index (χ2n) is 17.0. The number of likely N-dealkylation sites (tertiary alicyclic amines) is 2. The van der Waals surface area contributed by atoms with E-state index in [2.05, 4.69) is 5.16 Å². The predicted octanol–water partition coefficient (Wildman–Crippen LogP) is 3.76. The van der Waals surface area contributed by atoms with E-state index in [0.717, 1.165) is 70.3 Å². The summed E-state index contributed by atoms with van der Waals surface area (Å²) in [7, 11) is -0.919. The van der Waals surface area contributed by atoms with E-state index in [0.29, 0.717) is 74.6 Å². The van der Waals surface area contributed by atoms with Crippen molar-refractivity contribution in [2.75, 3.05) is 52.4 Å². The molecule has 2 amide bonds. The smallest absolute Gasteiger partial charge is 0.376 e. The molecule has 0 aliphatic carbocycles. The second kappa shape index (κ2) is 17.2. The molecule has 4 saturated heterocycles. The number of fused-ring (bicyclic) bond motifs is 2. The zero-order valence-corrected chi connectivity index (χ0v) is 33.1. The summed E-state index contributed by atoms with van der Waals surface area (Å²) in [5.41, 5.74) is 7.07. The number of halogens is 2. The molecule has 2 aromatic carbocycles. The van der Waals surface area contributed by atoms with Gasteiger partial charge in [-0.15, -0.1) is 0 Å². The third-order valence-corrected chi connectivity index (χ3v) is 13.3. The van der Waals surface area contributed by atoms with Crippen molar-refractivity contribution in [2.24, 2.45) is 22.7 Å². The summed E-state index contributed by atoms with van der Waals surface area (Å²) >= 11 is 0. The first-order valence-corrected chi connectivity index (χ1v) is 20.6. The monoisotopic (exact) mass is 792 g/mol. The van der Waals surface area contributed by atoms with Crippen LogP contribution in [0.25, 0.3) is 0 Å². The summed E-state index contributed by atoms with van der Waals surface area (Å²) < 4.78 is 39.6. The van der Waals surface area contributed by atoms with Crippen LogP contribution in [0.15, 0.2) is 41.6 Å². The molecule has 2 spiro atoms. The third-order valence-electron chi connectivity index (χ3n) is 13.3. The highest BCUT2D eigenvalue weighted by Gasteiger charge is 2.46. The van der Waals surface area contributed by atoms with Crippen LogP contribution in [0.1, 0.15) is 81.4 Å². The van der Waals surface area contributed by atoms with Gasteiger partial charge in [0.2, 0.25) is 11.8 Å². The molecule has 13 nitrogen and oxygen atoms in total. The molecular weight excluding hydrogens is 736 g/mol. The Bertz CT molecular complexity index is 1790. The van der Waals surface area contributed by atoms with Gasteiger partial charge in [-0.1, -0.05) is 5.16 Å². The fourth-order valence-electron chi connectivity index (χ4n) is 9.67. The van der Waals surface area contributed by atoms with Crippen molar-refractivity contribution in [1.82, 2.24) is 19.4 Å². The van der Waals surface area contributed by atoms with Crippen LogP contribution in [0.4, 0.5) is 8.78 Å². The minimum atomic E-state index is -0.529. The number of hydrogen-bond donors (Lipinski definition) is 4. The first kappa shape index (κ1) is 41.4. The van der Waals surface area contributed by atoms with Crippen LogP contribution in [-0.2, 0) is 9.59 Å². The molecule has 1 unspecified atom stereocenters. The van der Waals surface area contributed by atoms with E-state index in [9.17, 15) is 33.6 Å². The van der Waals surface area contributed by atoms with Gasteiger partial charge in [-0.2, -0.15) is 0 Å². The van der Waals surface area contributed by atoms with Gasteiger partial charge in [0.1, 0.15) is 34.3 Å². The van der Waals surface area contributed by atoms with E-state index in [-0.39, 0.29) is 41.1 Å².